The largest absolute Gasteiger partial charge is 0.341 e. The number of carbonyl (C=O) groups excluding carboxylic acids is 2. The van der Waals surface area contributed by atoms with Crippen LogP contribution >= 0.6 is 34.7 Å². The predicted molar refractivity (Wildman–Crippen MR) is 144 cm³/mol. The second-order valence-corrected chi connectivity index (χ2v) is 12.5. The third-order valence-electron chi connectivity index (χ3n) is 6.41. The number of benzene rings is 1. The number of carbonyl (C=O) groups is 2. The lowest BCUT2D eigenvalue weighted by Gasteiger charge is -2.26. The molecule has 0 spiro atoms. The molecular formula is C26H29ClN4O2S2. The molecule has 184 valence electrons. The van der Waals surface area contributed by atoms with Gasteiger partial charge in [-0.1, -0.05) is 44.5 Å². The van der Waals surface area contributed by atoms with Crippen molar-refractivity contribution in [3.05, 3.63) is 62.9 Å². The van der Waals surface area contributed by atoms with E-state index in [0.29, 0.717) is 16.6 Å². The van der Waals surface area contributed by atoms with Gasteiger partial charge in [0.05, 0.1) is 22.4 Å². The summed E-state index contributed by atoms with van der Waals surface area (Å²) in [6, 6.07) is 11.7. The van der Waals surface area contributed by atoms with Crippen LogP contribution in [-0.4, -0.2) is 51.9 Å². The van der Waals surface area contributed by atoms with Crippen molar-refractivity contribution >= 4 is 52.3 Å². The highest BCUT2D eigenvalue weighted by atomic mass is 35.5. The van der Waals surface area contributed by atoms with E-state index < -0.39 is 0 Å². The number of aromatic nitrogens is 2. The lowest BCUT2D eigenvalue weighted by Crippen LogP contribution is -2.43. The van der Waals surface area contributed by atoms with Gasteiger partial charge in [-0.2, -0.15) is 5.10 Å². The van der Waals surface area contributed by atoms with Gasteiger partial charge in [-0.05, 0) is 42.5 Å². The molecule has 6 nitrogen and oxygen atoms in total. The second kappa shape index (κ2) is 9.64. The Kier molecular flexibility index (Phi) is 6.72. The summed E-state index contributed by atoms with van der Waals surface area (Å²) in [4.78, 5) is 31.6. The zero-order valence-electron chi connectivity index (χ0n) is 20.2. The van der Waals surface area contributed by atoms with Gasteiger partial charge < -0.3 is 4.90 Å². The third kappa shape index (κ3) is 4.76. The van der Waals surface area contributed by atoms with Crippen LogP contribution in [0, 0.1) is 0 Å². The van der Waals surface area contributed by atoms with Crippen LogP contribution in [0.1, 0.15) is 55.0 Å². The molecule has 2 aliphatic heterocycles. The molecule has 3 aromatic rings. The molecule has 0 bridgehead atoms. The summed E-state index contributed by atoms with van der Waals surface area (Å²) < 4.78 is 1.82. The van der Waals surface area contributed by atoms with Gasteiger partial charge in [-0.15, -0.1) is 23.1 Å². The summed E-state index contributed by atoms with van der Waals surface area (Å²) in [5.74, 6) is 0.881. The van der Waals surface area contributed by atoms with Crippen LogP contribution < -0.4 is 4.90 Å². The highest BCUT2D eigenvalue weighted by Crippen LogP contribution is 2.49. The molecule has 2 aromatic heterocycles. The van der Waals surface area contributed by atoms with E-state index in [2.05, 4.69) is 32.2 Å². The van der Waals surface area contributed by atoms with Crippen LogP contribution in [0.5, 0.6) is 0 Å². The molecule has 0 saturated carbocycles. The summed E-state index contributed by atoms with van der Waals surface area (Å²) in [5, 5.41) is 7.70. The van der Waals surface area contributed by atoms with Crippen molar-refractivity contribution < 1.29 is 9.59 Å². The fourth-order valence-corrected chi connectivity index (χ4v) is 7.09. The first-order valence-electron chi connectivity index (χ1n) is 11.9. The Hall–Kier alpha value is -2.29. The first-order valence-corrected chi connectivity index (χ1v) is 14.2. The number of rotatable bonds is 4. The van der Waals surface area contributed by atoms with Crippen molar-refractivity contribution in [2.75, 3.05) is 30.3 Å². The van der Waals surface area contributed by atoms with Gasteiger partial charge in [0.1, 0.15) is 12.4 Å². The Bertz CT molecular complexity index is 1240. The number of amides is 2. The Labute approximate surface area is 219 Å². The van der Waals surface area contributed by atoms with Crippen molar-refractivity contribution in [1.82, 2.24) is 14.7 Å². The van der Waals surface area contributed by atoms with Crippen LogP contribution in [0.3, 0.4) is 0 Å². The van der Waals surface area contributed by atoms with Gasteiger partial charge in [0.25, 0.3) is 0 Å². The monoisotopic (exact) mass is 528 g/mol. The van der Waals surface area contributed by atoms with E-state index in [1.807, 2.05) is 39.9 Å². The normalized spacial score (nSPS) is 18.6. The predicted octanol–water partition coefficient (Wildman–Crippen LogP) is 5.68. The van der Waals surface area contributed by atoms with E-state index in [0.717, 1.165) is 42.9 Å². The average Bonchev–Trinajstić information content (AvgIpc) is 3.57. The molecule has 9 heteroatoms. The van der Waals surface area contributed by atoms with Crippen LogP contribution in [0.4, 0.5) is 5.82 Å². The number of nitrogens with zero attached hydrogens (tertiary/aromatic N) is 4. The lowest BCUT2D eigenvalue weighted by molar-refractivity contribution is -0.130. The Morgan fingerprint density at radius 3 is 2.60 bits per heavy atom. The highest BCUT2D eigenvalue weighted by Gasteiger charge is 2.40. The Morgan fingerprint density at radius 2 is 1.94 bits per heavy atom. The van der Waals surface area contributed by atoms with Crippen molar-refractivity contribution in [3.63, 3.8) is 0 Å². The SMILES string of the molecule is CC(C)(C)c1nn(-c2cccc(Cl)c2)c2c1[C@@H](c1cccs1)SCC(=O)N2CC(=O)N1CCCC1. The molecule has 0 radical (unpaired) electrons. The molecule has 0 N–H and O–H groups in total. The summed E-state index contributed by atoms with van der Waals surface area (Å²) in [6.45, 7) is 7.93. The fraction of sp³-hybridized carbons (Fsp3) is 0.423. The van der Waals surface area contributed by atoms with Gasteiger partial charge in [0, 0.05) is 34.0 Å². The van der Waals surface area contributed by atoms with E-state index >= 15 is 0 Å². The van der Waals surface area contributed by atoms with Gasteiger partial charge in [-0.3, -0.25) is 14.5 Å². The summed E-state index contributed by atoms with van der Waals surface area (Å²) in [5.41, 5.74) is 2.42. The van der Waals surface area contributed by atoms with Gasteiger partial charge in [-0.25, -0.2) is 4.68 Å². The van der Waals surface area contributed by atoms with Crippen LogP contribution in [0.15, 0.2) is 41.8 Å². The maximum absolute atomic E-state index is 13.6. The second-order valence-electron chi connectivity index (χ2n) is 10.0. The standard InChI is InChI=1S/C26H29ClN4O2S2/c1-26(2,3)24-22-23(19-10-7-13-34-19)35-16-21(33)30(15-20(32)29-11-4-5-12-29)25(22)31(28-24)18-9-6-8-17(27)14-18/h6-10,13-14,23H,4-5,11-12,15-16H2,1-3H3/t23-/m1/s1. The molecule has 1 fully saturated rings. The number of anilines is 1. The van der Waals surface area contributed by atoms with E-state index in [9.17, 15) is 9.59 Å². The number of hydrogen-bond donors (Lipinski definition) is 0. The molecule has 2 amide bonds. The highest BCUT2D eigenvalue weighted by molar-refractivity contribution is 8.00. The quantitative estimate of drug-likeness (QED) is 0.437. The lowest BCUT2D eigenvalue weighted by atomic mass is 9.88. The van der Waals surface area contributed by atoms with Gasteiger partial charge in [0.15, 0.2) is 0 Å². The molecule has 1 aromatic carbocycles. The maximum Gasteiger partial charge on any atom is 0.242 e. The van der Waals surface area contributed by atoms with Crippen molar-refractivity contribution in [1.29, 1.82) is 0 Å². The number of likely N-dealkylation sites (tertiary alicyclic amines) is 1. The number of fused-ring (bicyclic) bond motifs is 1. The first-order chi connectivity index (χ1) is 16.7. The molecule has 4 heterocycles. The maximum atomic E-state index is 13.6. The topological polar surface area (TPSA) is 58.4 Å². The van der Waals surface area contributed by atoms with Crippen molar-refractivity contribution in [3.8, 4) is 5.69 Å². The minimum absolute atomic E-state index is 0.0133. The third-order valence-corrected chi connectivity index (χ3v) is 8.96. The molecule has 35 heavy (non-hydrogen) atoms. The number of thioether (sulfide) groups is 1. The zero-order valence-corrected chi connectivity index (χ0v) is 22.6. The fourth-order valence-electron chi connectivity index (χ4n) is 4.73. The average molecular weight is 529 g/mol. The molecule has 0 aliphatic carbocycles. The molecular weight excluding hydrogens is 500 g/mol. The number of thiophene rings is 1. The smallest absolute Gasteiger partial charge is 0.242 e. The number of halogens is 1. The Balaban J connectivity index is 1.74. The summed E-state index contributed by atoms with van der Waals surface area (Å²) in [6.07, 6.45) is 2.02. The van der Waals surface area contributed by atoms with E-state index in [-0.39, 0.29) is 29.0 Å². The molecule has 2 aliphatic rings. The van der Waals surface area contributed by atoms with E-state index in [4.69, 9.17) is 16.7 Å². The Morgan fingerprint density at radius 1 is 1.17 bits per heavy atom. The van der Waals surface area contributed by atoms with Gasteiger partial charge in [0.2, 0.25) is 11.8 Å². The molecule has 5 rings (SSSR count). The van der Waals surface area contributed by atoms with E-state index in [1.165, 1.54) is 4.88 Å². The molecule has 0 unspecified atom stereocenters. The van der Waals surface area contributed by atoms with Crippen LogP contribution in [0.25, 0.3) is 5.69 Å². The molecule has 1 saturated heterocycles. The van der Waals surface area contributed by atoms with Gasteiger partial charge >= 0.3 is 0 Å². The van der Waals surface area contributed by atoms with Crippen LogP contribution in [0.2, 0.25) is 5.02 Å². The zero-order chi connectivity index (χ0) is 24.7. The number of hydrogen-bond acceptors (Lipinski definition) is 5. The summed E-state index contributed by atoms with van der Waals surface area (Å²) in [7, 11) is 0. The summed E-state index contributed by atoms with van der Waals surface area (Å²) >= 11 is 9.66. The van der Waals surface area contributed by atoms with Crippen LogP contribution in [-0.2, 0) is 15.0 Å². The van der Waals surface area contributed by atoms with E-state index in [1.54, 1.807) is 28.0 Å². The minimum atomic E-state index is -0.276. The molecule has 1 atom stereocenters. The van der Waals surface area contributed by atoms with Crippen molar-refractivity contribution in [2.24, 2.45) is 0 Å². The first kappa shape index (κ1) is 24.4. The minimum Gasteiger partial charge on any atom is -0.341 e. The van der Waals surface area contributed by atoms with Crippen molar-refractivity contribution in [2.45, 2.75) is 44.3 Å².